The van der Waals surface area contributed by atoms with Crippen LogP contribution in [0.5, 0.6) is 0 Å². The standard InChI is InChI=1S/C8H12N2O2S/c1-8(11-3-4-12-8)7-6(13-2)5-9-10-7/h5H,3-4H2,1-2H3,(H,9,10). The number of rotatable bonds is 2. The minimum atomic E-state index is -0.630. The summed E-state index contributed by atoms with van der Waals surface area (Å²) in [6.07, 6.45) is 3.79. The lowest BCUT2D eigenvalue weighted by atomic mass is 10.2. The molecule has 1 saturated heterocycles. The average Bonchev–Trinajstić information content (AvgIpc) is 2.72. The Labute approximate surface area is 81.0 Å². The molecule has 0 saturated carbocycles. The van der Waals surface area contributed by atoms with Gasteiger partial charge in [-0.25, -0.2) is 0 Å². The lowest BCUT2D eigenvalue weighted by Gasteiger charge is -2.21. The first-order chi connectivity index (χ1) is 6.26. The van der Waals surface area contributed by atoms with Crippen LogP contribution in [0.3, 0.4) is 0 Å². The summed E-state index contributed by atoms with van der Waals surface area (Å²) >= 11 is 1.63. The van der Waals surface area contributed by atoms with Crippen LogP contribution in [-0.2, 0) is 15.3 Å². The van der Waals surface area contributed by atoms with E-state index in [1.165, 1.54) is 0 Å². The molecule has 0 spiro atoms. The molecule has 5 heteroatoms. The molecule has 1 fully saturated rings. The fourth-order valence-corrected chi connectivity index (χ4v) is 2.01. The molecule has 1 N–H and O–H groups in total. The zero-order valence-electron chi connectivity index (χ0n) is 7.66. The third-order valence-corrected chi connectivity index (χ3v) is 2.87. The van der Waals surface area contributed by atoms with E-state index in [1.54, 1.807) is 18.0 Å². The van der Waals surface area contributed by atoms with Crippen LogP contribution in [0.2, 0.25) is 0 Å². The summed E-state index contributed by atoms with van der Waals surface area (Å²) in [6, 6.07) is 0. The van der Waals surface area contributed by atoms with Crippen molar-refractivity contribution in [3.8, 4) is 0 Å². The van der Waals surface area contributed by atoms with Gasteiger partial charge in [-0.05, 0) is 13.2 Å². The Morgan fingerprint density at radius 1 is 1.54 bits per heavy atom. The van der Waals surface area contributed by atoms with Crippen LogP contribution >= 0.6 is 11.8 Å². The van der Waals surface area contributed by atoms with Gasteiger partial charge in [0.05, 0.1) is 24.3 Å². The first-order valence-corrected chi connectivity index (χ1v) is 5.34. The van der Waals surface area contributed by atoms with Crippen molar-refractivity contribution in [1.29, 1.82) is 0 Å². The number of aromatic amines is 1. The summed E-state index contributed by atoms with van der Waals surface area (Å²) < 4.78 is 11.0. The largest absolute Gasteiger partial charge is 0.342 e. The van der Waals surface area contributed by atoms with E-state index in [-0.39, 0.29) is 0 Å². The molecule has 2 rings (SSSR count). The fourth-order valence-electron chi connectivity index (χ4n) is 1.41. The topological polar surface area (TPSA) is 47.1 Å². The monoisotopic (exact) mass is 200 g/mol. The molecule has 0 aromatic carbocycles. The number of ether oxygens (including phenoxy) is 2. The number of hydrogen-bond acceptors (Lipinski definition) is 4. The molecule has 0 amide bonds. The number of H-pyrrole nitrogens is 1. The number of nitrogens with zero attached hydrogens (tertiary/aromatic N) is 1. The van der Waals surface area contributed by atoms with Gasteiger partial charge in [-0.2, -0.15) is 5.10 Å². The number of hydrogen-bond donors (Lipinski definition) is 1. The third kappa shape index (κ3) is 1.47. The van der Waals surface area contributed by atoms with Crippen molar-refractivity contribution in [2.75, 3.05) is 19.5 Å². The van der Waals surface area contributed by atoms with E-state index in [4.69, 9.17) is 9.47 Å². The SMILES string of the molecule is CSc1cn[nH]c1C1(C)OCCO1. The van der Waals surface area contributed by atoms with E-state index in [0.29, 0.717) is 13.2 Å². The number of nitrogens with one attached hydrogen (secondary N) is 1. The van der Waals surface area contributed by atoms with E-state index in [0.717, 1.165) is 10.6 Å². The lowest BCUT2D eigenvalue weighted by Crippen LogP contribution is -2.23. The number of thioether (sulfide) groups is 1. The van der Waals surface area contributed by atoms with E-state index >= 15 is 0 Å². The highest BCUT2D eigenvalue weighted by Gasteiger charge is 2.36. The van der Waals surface area contributed by atoms with Crippen molar-refractivity contribution in [2.24, 2.45) is 0 Å². The summed E-state index contributed by atoms with van der Waals surface area (Å²) in [6.45, 7) is 3.19. The van der Waals surface area contributed by atoms with Crippen LogP contribution in [0.1, 0.15) is 12.6 Å². The molecule has 1 aromatic heterocycles. The molecular weight excluding hydrogens is 188 g/mol. The summed E-state index contributed by atoms with van der Waals surface area (Å²) in [7, 11) is 0. The molecule has 0 aliphatic carbocycles. The molecule has 1 aromatic rings. The van der Waals surface area contributed by atoms with Gasteiger partial charge in [0.2, 0.25) is 5.79 Å². The third-order valence-electron chi connectivity index (χ3n) is 2.12. The van der Waals surface area contributed by atoms with E-state index in [9.17, 15) is 0 Å². The maximum absolute atomic E-state index is 5.52. The van der Waals surface area contributed by atoms with Gasteiger partial charge in [-0.15, -0.1) is 11.8 Å². The highest BCUT2D eigenvalue weighted by molar-refractivity contribution is 7.98. The van der Waals surface area contributed by atoms with E-state index in [1.807, 2.05) is 13.2 Å². The Bertz CT molecular complexity index is 294. The summed E-state index contributed by atoms with van der Waals surface area (Å²) in [5.74, 6) is -0.630. The molecule has 2 heterocycles. The quantitative estimate of drug-likeness (QED) is 0.732. The van der Waals surface area contributed by atoms with Crippen LogP contribution in [0, 0.1) is 0 Å². The van der Waals surface area contributed by atoms with Gasteiger partial charge in [0, 0.05) is 0 Å². The fraction of sp³-hybridized carbons (Fsp3) is 0.625. The van der Waals surface area contributed by atoms with E-state index < -0.39 is 5.79 Å². The molecule has 13 heavy (non-hydrogen) atoms. The van der Waals surface area contributed by atoms with Crippen molar-refractivity contribution in [3.63, 3.8) is 0 Å². The highest BCUT2D eigenvalue weighted by Crippen LogP contribution is 2.34. The molecule has 0 atom stereocenters. The first kappa shape index (κ1) is 9.05. The highest BCUT2D eigenvalue weighted by atomic mass is 32.2. The summed E-state index contributed by atoms with van der Waals surface area (Å²) in [5.41, 5.74) is 0.914. The predicted octanol–water partition coefficient (Wildman–Crippen LogP) is 1.35. The second kappa shape index (κ2) is 3.32. The van der Waals surface area contributed by atoms with Crippen molar-refractivity contribution >= 4 is 11.8 Å². The normalized spacial score (nSPS) is 20.8. The number of aromatic nitrogens is 2. The zero-order chi connectivity index (χ0) is 9.31. The van der Waals surface area contributed by atoms with E-state index in [2.05, 4.69) is 10.2 Å². The van der Waals surface area contributed by atoms with Crippen molar-refractivity contribution in [2.45, 2.75) is 17.6 Å². The second-order valence-electron chi connectivity index (χ2n) is 2.96. The molecule has 0 radical (unpaired) electrons. The average molecular weight is 200 g/mol. The van der Waals surface area contributed by atoms with Gasteiger partial charge in [-0.1, -0.05) is 0 Å². The Morgan fingerprint density at radius 2 is 2.23 bits per heavy atom. The van der Waals surface area contributed by atoms with Crippen molar-refractivity contribution < 1.29 is 9.47 Å². The maximum atomic E-state index is 5.52. The predicted molar refractivity (Wildman–Crippen MR) is 49.6 cm³/mol. The molecule has 72 valence electrons. The van der Waals surface area contributed by atoms with Crippen molar-refractivity contribution in [3.05, 3.63) is 11.9 Å². The van der Waals surface area contributed by atoms with Crippen LogP contribution in [0.25, 0.3) is 0 Å². The maximum Gasteiger partial charge on any atom is 0.210 e. The first-order valence-electron chi connectivity index (χ1n) is 4.12. The van der Waals surface area contributed by atoms with Gasteiger partial charge in [0.1, 0.15) is 5.69 Å². The minimum Gasteiger partial charge on any atom is -0.342 e. The van der Waals surface area contributed by atoms with Crippen LogP contribution in [0.15, 0.2) is 11.1 Å². The minimum absolute atomic E-state index is 0.630. The van der Waals surface area contributed by atoms with Crippen LogP contribution in [-0.4, -0.2) is 29.7 Å². The van der Waals surface area contributed by atoms with Gasteiger partial charge in [0.15, 0.2) is 0 Å². The summed E-state index contributed by atoms with van der Waals surface area (Å²) in [4.78, 5) is 1.07. The van der Waals surface area contributed by atoms with Gasteiger partial charge in [0.25, 0.3) is 0 Å². The Hall–Kier alpha value is -0.520. The van der Waals surface area contributed by atoms with Crippen molar-refractivity contribution in [1.82, 2.24) is 10.2 Å². The molecule has 4 nitrogen and oxygen atoms in total. The molecular formula is C8H12N2O2S. The van der Waals surface area contributed by atoms with Gasteiger partial charge >= 0.3 is 0 Å². The lowest BCUT2D eigenvalue weighted by molar-refractivity contribution is -0.154. The van der Waals surface area contributed by atoms with Crippen LogP contribution < -0.4 is 0 Å². The van der Waals surface area contributed by atoms with Crippen LogP contribution in [0.4, 0.5) is 0 Å². The second-order valence-corrected chi connectivity index (χ2v) is 3.80. The Balaban J connectivity index is 2.32. The molecule has 0 bridgehead atoms. The zero-order valence-corrected chi connectivity index (χ0v) is 8.48. The van der Waals surface area contributed by atoms with Gasteiger partial charge in [-0.3, -0.25) is 5.10 Å². The summed E-state index contributed by atoms with van der Waals surface area (Å²) in [5, 5.41) is 6.90. The molecule has 1 aliphatic heterocycles. The smallest absolute Gasteiger partial charge is 0.210 e. The molecule has 1 aliphatic rings. The Morgan fingerprint density at radius 3 is 2.85 bits per heavy atom. The van der Waals surface area contributed by atoms with Gasteiger partial charge < -0.3 is 9.47 Å². The Kier molecular flexibility index (Phi) is 2.31. The molecule has 0 unspecified atom stereocenters.